The monoisotopic (exact) mass is 284 g/mol. The molecule has 0 bridgehead atoms. The van der Waals surface area contributed by atoms with Crippen LogP contribution in [-0.2, 0) is 5.60 Å². The molecule has 88 valence electrons. The first kappa shape index (κ1) is 11.9. The Bertz CT molecular complexity index is 419. The van der Waals surface area contributed by atoms with E-state index in [0.717, 1.165) is 45.3 Å². The third kappa shape index (κ3) is 1.57. The first-order valence-electron chi connectivity index (χ1n) is 5.48. The van der Waals surface area contributed by atoms with Gasteiger partial charge in [0.1, 0.15) is 5.75 Å². The highest BCUT2D eigenvalue weighted by Crippen LogP contribution is 2.51. The lowest BCUT2D eigenvalue weighted by Gasteiger charge is -2.21. The molecular weight excluding hydrogens is 268 g/mol. The first-order chi connectivity index (χ1) is 7.42. The third-order valence-electron chi connectivity index (χ3n) is 3.57. The van der Waals surface area contributed by atoms with Crippen LogP contribution in [0.25, 0.3) is 0 Å². The number of rotatable bonds is 2. The summed E-state index contributed by atoms with van der Waals surface area (Å²) in [6.07, 6.45) is 1.74. The van der Waals surface area contributed by atoms with E-state index in [1.807, 2.05) is 13.8 Å². The van der Waals surface area contributed by atoms with Crippen molar-refractivity contribution in [3.05, 3.63) is 26.7 Å². The summed E-state index contributed by atoms with van der Waals surface area (Å²) in [6, 6.07) is 0. The maximum Gasteiger partial charge on any atom is 0.136 e. The van der Waals surface area contributed by atoms with Crippen molar-refractivity contribution in [3.8, 4) is 5.75 Å². The molecule has 1 saturated carbocycles. The van der Waals surface area contributed by atoms with Crippen molar-refractivity contribution in [2.75, 3.05) is 7.11 Å². The van der Waals surface area contributed by atoms with Gasteiger partial charge >= 0.3 is 0 Å². The lowest BCUT2D eigenvalue weighted by molar-refractivity contribution is 0.149. The summed E-state index contributed by atoms with van der Waals surface area (Å²) >= 11 is 3.56. The molecule has 1 fully saturated rings. The van der Waals surface area contributed by atoms with Gasteiger partial charge in [-0.1, -0.05) is 0 Å². The van der Waals surface area contributed by atoms with Crippen molar-refractivity contribution in [3.63, 3.8) is 0 Å². The van der Waals surface area contributed by atoms with Crippen LogP contribution in [0.5, 0.6) is 5.75 Å². The van der Waals surface area contributed by atoms with Gasteiger partial charge in [0.2, 0.25) is 0 Å². The van der Waals surface area contributed by atoms with E-state index < -0.39 is 5.60 Å². The number of hydrogen-bond donors (Lipinski definition) is 1. The summed E-state index contributed by atoms with van der Waals surface area (Å²) < 4.78 is 6.36. The first-order valence-corrected chi connectivity index (χ1v) is 6.28. The summed E-state index contributed by atoms with van der Waals surface area (Å²) in [5.74, 6) is 0.878. The predicted octanol–water partition coefficient (Wildman–Crippen LogP) is 3.36. The second kappa shape index (κ2) is 3.74. The molecule has 1 aromatic rings. The van der Waals surface area contributed by atoms with Crippen molar-refractivity contribution >= 4 is 15.9 Å². The molecule has 0 aromatic heterocycles. The van der Waals surface area contributed by atoms with Crippen LogP contribution >= 0.6 is 15.9 Å². The minimum absolute atomic E-state index is 0.590. The smallest absolute Gasteiger partial charge is 0.136 e. The maximum absolute atomic E-state index is 10.3. The molecule has 1 aromatic carbocycles. The van der Waals surface area contributed by atoms with Crippen molar-refractivity contribution in [2.24, 2.45) is 0 Å². The van der Waals surface area contributed by atoms with Gasteiger partial charge in [0.05, 0.1) is 17.2 Å². The van der Waals surface area contributed by atoms with Crippen molar-refractivity contribution in [1.82, 2.24) is 0 Å². The summed E-state index contributed by atoms with van der Waals surface area (Å²) in [7, 11) is 1.68. The quantitative estimate of drug-likeness (QED) is 0.902. The Morgan fingerprint density at radius 3 is 2.12 bits per heavy atom. The number of methoxy groups -OCH3 is 1. The van der Waals surface area contributed by atoms with Gasteiger partial charge in [0.25, 0.3) is 0 Å². The molecular formula is C13H17BrO2. The molecule has 1 aliphatic rings. The molecule has 2 rings (SSSR count). The van der Waals surface area contributed by atoms with Gasteiger partial charge in [0, 0.05) is 0 Å². The fraction of sp³-hybridized carbons (Fsp3) is 0.538. The standard InChI is InChI=1S/C13H17BrO2/c1-7-8(2)12(16-4)11(14)9(3)10(7)13(15)5-6-13/h15H,5-6H2,1-4H3. The van der Waals surface area contributed by atoms with Crippen LogP contribution in [0, 0.1) is 20.8 Å². The van der Waals surface area contributed by atoms with Gasteiger partial charge in [-0.2, -0.15) is 0 Å². The fourth-order valence-electron chi connectivity index (χ4n) is 2.39. The van der Waals surface area contributed by atoms with Crippen LogP contribution in [0.1, 0.15) is 35.1 Å². The minimum Gasteiger partial charge on any atom is -0.495 e. The van der Waals surface area contributed by atoms with E-state index >= 15 is 0 Å². The highest BCUT2D eigenvalue weighted by molar-refractivity contribution is 9.10. The van der Waals surface area contributed by atoms with Gasteiger partial charge in [-0.05, 0) is 71.8 Å². The molecule has 0 radical (unpaired) electrons. The van der Waals surface area contributed by atoms with Crippen LogP contribution < -0.4 is 4.74 Å². The SMILES string of the molecule is COc1c(C)c(C)c(C2(O)CC2)c(C)c1Br. The molecule has 0 amide bonds. The molecule has 0 unspecified atom stereocenters. The van der Waals surface area contributed by atoms with Crippen molar-refractivity contribution in [2.45, 2.75) is 39.2 Å². The molecule has 3 heteroatoms. The molecule has 16 heavy (non-hydrogen) atoms. The largest absolute Gasteiger partial charge is 0.495 e. The Kier molecular flexibility index (Phi) is 2.79. The number of ether oxygens (including phenoxy) is 1. The molecule has 1 aliphatic carbocycles. The fourth-order valence-corrected chi connectivity index (χ4v) is 3.05. The molecule has 0 saturated heterocycles. The second-order valence-corrected chi connectivity index (χ2v) is 5.42. The highest BCUT2D eigenvalue weighted by Gasteiger charge is 2.45. The summed E-state index contributed by atoms with van der Waals surface area (Å²) in [5.41, 5.74) is 3.85. The highest BCUT2D eigenvalue weighted by atomic mass is 79.9. The zero-order valence-electron chi connectivity index (χ0n) is 10.1. The van der Waals surface area contributed by atoms with E-state index in [0.29, 0.717) is 0 Å². The van der Waals surface area contributed by atoms with E-state index in [1.54, 1.807) is 7.11 Å². The Balaban J connectivity index is 2.72. The average Bonchev–Trinajstić information content (AvgIpc) is 2.95. The summed E-state index contributed by atoms with van der Waals surface area (Å²) in [4.78, 5) is 0. The topological polar surface area (TPSA) is 29.5 Å². The van der Waals surface area contributed by atoms with Gasteiger partial charge in [-0.15, -0.1) is 0 Å². The van der Waals surface area contributed by atoms with Crippen LogP contribution in [0.3, 0.4) is 0 Å². The van der Waals surface area contributed by atoms with Crippen LogP contribution in [0.2, 0.25) is 0 Å². The summed E-state index contributed by atoms with van der Waals surface area (Å²) in [5, 5.41) is 10.3. The number of halogens is 1. The van der Waals surface area contributed by atoms with Crippen molar-refractivity contribution < 1.29 is 9.84 Å². The van der Waals surface area contributed by atoms with Gasteiger partial charge in [0.15, 0.2) is 0 Å². The number of aliphatic hydroxyl groups is 1. The maximum atomic E-state index is 10.3. The molecule has 0 spiro atoms. The Hall–Kier alpha value is -0.540. The van der Waals surface area contributed by atoms with Crippen LogP contribution in [0.4, 0.5) is 0 Å². The minimum atomic E-state index is -0.590. The van der Waals surface area contributed by atoms with Crippen LogP contribution in [-0.4, -0.2) is 12.2 Å². The van der Waals surface area contributed by atoms with Gasteiger partial charge < -0.3 is 9.84 Å². The number of benzene rings is 1. The molecule has 2 nitrogen and oxygen atoms in total. The Morgan fingerprint density at radius 1 is 1.12 bits per heavy atom. The zero-order chi connectivity index (χ0) is 12.1. The zero-order valence-corrected chi connectivity index (χ0v) is 11.7. The Labute approximate surface area is 105 Å². The molecule has 1 N–H and O–H groups in total. The second-order valence-electron chi connectivity index (χ2n) is 4.63. The van der Waals surface area contributed by atoms with Crippen LogP contribution in [0.15, 0.2) is 4.47 Å². The Morgan fingerprint density at radius 2 is 1.69 bits per heavy atom. The normalized spacial score (nSPS) is 17.4. The lowest BCUT2D eigenvalue weighted by Crippen LogP contribution is -2.12. The molecule has 0 aliphatic heterocycles. The molecule has 0 heterocycles. The third-order valence-corrected chi connectivity index (χ3v) is 4.53. The predicted molar refractivity (Wildman–Crippen MR) is 68.0 cm³/mol. The van der Waals surface area contributed by atoms with E-state index in [-0.39, 0.29) is 0 Å². The average molecular weight is 285 g/mol. The van der Waals surface area contributed by atoms with Gasteiger partial charge in [-0.3, -0.25) is 0 Å². The van der Waals surface area contributed by atoms with E-state index in [4.69, 9.17) is 4.74 Å². The molecule has 0 atom stereocenters. The van der Waals surface area contributed by atoms with E-state index in [2.05, 4.69) is 22.9 Å². The number of hydrogen-bond acceptors (Lipinski definition) is 2. The van der Waals surface area contributed by atoms with E-state index in [9.17, 15) is 5.11 Å². The van der Waals surface area contributed by atoms with Crippen molar-refractivity contribution in [1.29, 1.82) is 0 Å². The van der Waals surface area contributed by atoms with Gasteiger partial charge in [-0.25, -0.2) is 0 Å². The lowest BCUT2D eigenvalue weighted by atomic mass is 9.92. The van der Waals surface area contributed by atoms with E-state index in [1.165, 1.54) is 0 Å². The summed E-state index contributed by atoms with van der Waals surface area (Å²) in [6.45, 7) is 6.13.